The average Bonchev–Trinajstić information content (AvgIpc) is 3.04. The van der Waals surface area contributed by atoms with E-state index in [4.69, 9.17) is 4.74 Å². The van der Waals surface area contributed by atoms with Gasteiger partial charge < -0.3 is 9.64 Å². The number of nitrogens with zero attached hydrogens (tertiary/aromatic N) is 2. The van der Waals surface area contributed by atoms with Gasteiger partial charge in [0.15, 0.2) is 6.61 Å². The van der Waals surface area contributed by atoms with Crippen LogP contribution in [-0.4, -0.2) is 28.9 Å². The number of carbonyl (C=O) groups excluding carboxylic acids is 1. The number of aromatic nitrogens is 1. The molecule has 1 saturated heterocycles. The van der Waals surface area contributed by atoms with Gasteiger partial charge >= 0.3 is 0 Å². The summed E-state index contributed by atoms with van der Waals surface area (Å²) in [7, 11) is 0. The lowest BCUT2D eigenvalue weighted by Crippen LogP contribution is -2.34. The number of hydrogen-bond donors (Lipinski definition) is 0. The van der Waals surface area contributed by atoms with Gasteiger partial charge in [-0.05, 0) is 43.5 Å². The van der Waals surface area contributed by atoms with Crippen molar-refractivity contribution in [3.8, 4) is 5.75 Å². The summed E-state index contributed by atoms with van der Waals surface area (Å²) in [5.74, 6) is 0.767. The molecule has 0 radical (unpaired) electrons. The molecule has 1 aromatic carbocycles. The van der Waals surface area contributed by atoms with Gasteiger partial charge in [0.1, 0.15) is 5.75 Å². The van der Waals surface area contributed by atoms with Crippen molar-refractivity contribution in [1.29, 1.82) is 0 Å². The minimum Gasteiger partial charge on any atom is -0.484 e. The summed E-state index contributed by atoms with van der Waals surface area (Å²) in [6.07, 6.45) is 5.61. The predicted octanol–water partition coefficient (Wildman–Crippen LogP) is 3.13. The highest BCUT2D eigenvalue weighted by molar-refractivity contribution is 5.78. The van der Waals surface area contributed by atoms with Gasteiger partial charge in [-0.2, -0.15) is 0 Å². The van der Waals surface area contributed by atoms with Crippen molar-refractivity contribution in [3.05, 3.63) is 59.9 Å². The Morgan fingerprint density at radius 1 is 1.32 bits per heavy atom. The summed E-state index contributed by atoms with van der Waals surface area (Å²) >= 11 is 0. The molecule has 0 saturated carbocycles. The number of carbonyl (C=O) groups is 1. The molecule has 1 atom stereocenters. The zero-order valence-electron chi connectivity index (χ0n) is 12.7. The molecule has 1 fully saturated rings. The summed E-state index contributed by atoms with van der Waals surface area (Å²) in [6.45, 7) is 2.90. The molecule has 1 aromatic heterocycles. The Hall–Kier alpha value is -2.36. The lowest BCUT2D eigenvalue weighted by molar-refractivity contribution is -0.134. The van der Waals surface area contributed by atoms with E-state index in [1.807, 2.05) is 54.4 Å². The molecular formula is C18H20N2O2. The number of aryl methyl sites for hydroxylation is 1. The monoisotopic (exact) mass is 296 g/mol. The molecule has 0 bridgehead atoms. The zero-order chi connectivity index (χ0) is 15.4. The topological polar surface area (TPSA) is 42.4 Å². The van der Waals surface area contributed by atoms with Crippen LogP contribution in [0.2, 0.25) is 0 Å². The van der Waals surface area contributed by atoms with Crippen LogP contribution in [0, 0.1) is 6.92 Å². The maximum Gasteiger partial charge on any atom is 0.261 e. The first-order valence-electron chi connectivity index (χ1n) is 7.63. The third kappa shape index (κ3) is 3.27. The second-order valence-corrected chi connectivity index (χ2v) is 5.63. The Labute approximate surface area is 130 Å². The second-order valence-electron chi connectivity index (χ2n) is 5.63. The van der Waals surface area contributed by atoms with Crippen LogP contribution in [0.5, 0.6) is 5.75 Å². The standard InChI is InChI=1S/C18H20N2O2/c1-14-6-8-16(9-7-14)22-13-18(21)20-11-3-5-17(20)15-4-2-10-19-12-15/h2,4,6-10,12,17H,3,5,11,13H2,1H3. The van der Waals surface area contributed by atoms with Crippen LogP contribution in [-0.2, 0) is 4.79 Å². The van der Waals surface area contributed by atoms with E-state index >= 15 is 0 Å². The molecular weight excluding hydrogens is 276 g/mol. The molecule has 22 heavy (non-hydrogen) atoms. The van der Waals surface area contributed by atoms with Crippen molar-refractivity contribution in [2.45, 2.75) is 25.8 Å². The summed E-state index contributed by atoms with van der Waals surface area (Å²) in [6, 6.07) is 11.8. The highest BCUT2D eigenvalue weighted by Gasteiger charge is 2.30. The van der Waals surface area contributed by atoms with Gasteiger partial charge in [0, 0.05) is 18.9 Å². The lowest BCUT2D eigenvalue weighted by atomic mass is 10.1. The minimum absolute atomic E-state index is 0.0342. The van der Waals surface area contributed by atoms with Crippen molar-refractivity contribution >= 4 is 5.91 Å². The highest BCUT2D eigenvalue weighted by atomic mass is 16.5. The second kappa shape index (κ2) is 6.60. The van der Waals surface area contributed by atoms with Gasteiger partial charge in [-0.25, -0.2) is 0 Å². The van der Waals surface area contributed by atoms with E-state index in [0.717, 1.165) is 30.7 Å². The fourth-order valence-electron chi connectivity index (χ4n) is 2.85. The first-order chi connectivity index (χ1) is 10.7. The van der Waals surface area contributed by atoms with E-state index in [1.165, 1.54) is 5.56 Å². The Morgan fingerprint density at radius 3 is 2.86 bits per heavy atom. The van der Waals surface area contributed by atoms with Gasteiger partial charge in [0.05, 0.1) is 6.04 Å². The van der Waals surface area contributed by atoms with Crippen LogP contribution in [0.25, 0.3) is 0 Å². The molecule has 1 aliphatic rings. The molecule has 1 aliphatic heterocycles. The molecule has 1 amide bonds. The first-order valence-corrected chi connectivity index (χ1v) is 7.63. The van der Waals surface area contributed by atoms with Crippen LogP contribution in [0.4, 0.5) is 0 Å². The number of pyridine rings is 1. The molecule has 0 aliphatic carbocycles. The Morgan fingerprint density at radius 2 is 2.14 bits per heavy atom. The number of amides is 1. The van der Waals surface area contributed by atoms with Gasteiger partial charge in [-0.1, -0.05) is 23.8 Å². The average molecular weight is 296 g/mol. The van der Waals surface area contributed by atoms with Crippen LogP contribution >= 0.6 is 0 Å². The molecule has 0 spiro atoms. The number of benzene rings is 1. The van der Waals surface area contributed by atoms with Crippen molar-refractivity contribution in [2.75, 3.05) is 13.2 Å². The lowest BCUT2D eigenvalue weighted by Gasteiger charge is -2.24. The predicted molar refractivity (Wildman–Crippen MR) is 84.6 cm³/mol. The fraction of sp³-hybridized carbons (Fsp3) is 0.333. The van der Waals surface area contributed by atoms with Crippen molar-refractivity contribution < 1.29 is 9.53 Å². The van der Waals surface area contributed by atoms with Crippen molar-refractivity contribution in [1.82, 2.24) is 9.88 Å². The molecule has 0 N–H and O–H groups in total. The highest BCUT2D eigenvalue weighted by Crippen LogP contribution is 2.31. The van der Waals surface area contributed by atoms with Gasteiger partial charge in [0.2, 0.25) is 0 Å². The third-order valence-electron chi connectivity index (χ3n) is 4.03. The van der Waals surface area contributed by atoms with Crippen LogP contribution < -0.4 is 4.74 Å². The zero-order valence-corrected chi connectivity index (χ0v) is 12.7. The number of hydrogen-bond acceptors (Lipinski definition) is 3. The van der Waals surface area contributed by atoms with Crippen molar-refractivity contribution in [3.63, 3.8) is 0 Å². The quantitative estimate of drug-likeness (QED) is 0.870. The third-order valence-corrected chi connectivity index (χ3v) is 4.03. The Kier molecular flexibility index (Phi) is 4.37. The minimum atomic E-state index is 0.0342. The Bertz CT molecular complexity index is 625. The first kappa shape index (κ1) is 14.6. The maximum absolute atomic E-state index is 12.4. The molecule has 2 aromatic rings. The molecule has 114 valence electrons. The summed E-state index contributed by atoms with van der Waals surface area (Å²) in [4.78, 5) is 18.5. The van der Waals surface area contributed by atoms with Crippen molar-refractivity contribution in [2.24, 2.45) is 0 Å². The Balaban J connectivity index is 1.62. The van der Waals surface area contributed by atoms with Gasteiger partial charge in [-0.15, -0.1) is 0 Å². The van der Waals surface area contributed by atoms with E-state index in [-0.39, 0.29) is 18.6 Å². The van der Waals surface area contributed by atoms with E-state index < -0.39 is 0 Å². The normalized spacial score (nSPS) is 17.5. The SMILES string of the molecule is Cc1ccc(OCC(=O)N2CCCC2c2cccnc2)cc1. The van der Waals surface area contributed by atoms with Gasteiger partial charge in [0.25, 0.3) is 5.91 Å². The largest absolute Gasteiger partial charge is 0.484 e. The van der Waals surface area contributed by atoms with Crippen LogP contribution in [0.15, 0.2) is 48.8 Å². The van der Waals surface area contributed by atoms with E-state index in [0.29, 0.717) is 0 Å². The number of rotatable bonds is 4. The molecule has 3 rings (SSSR count). The maximum atomic E-state index is 12.4. The summed E-state index contributed by atoms with van der Waals surface area (Å²) in [5, 5.41) is 0. The van der Waals surface area contributed by atoms with Crippen LogP contribution in [0.1, 0.15) is 30.0 Å². The van der Waals surface area contributed by atoms with E-state index in [1.54, 1.807) is 6.20 Å². The molecule has 4 heteroatoms. The summed E-state index contributed by atoms with van der Waals surface area (Å²) < 4.78 is 5.61. The smallest absolute Gasteiger partial charge is 0.261 e. The van der Waals surface area contributed by atoms with Crippen LogP contribution in [0.3, 0.4) is 0 Å². The summed E-state index contributed by atoms with van der Waals surface area (Å²) in [5.41, 5.74) is 2.28. The number of likely N-dealkylation sites (tertiary alicyclic amines) is 1. The van der Waals surface area contributed by atoms with E-state index in [2.05, 4.69) is 4.98 Å². The number of ether oxygens (including phenoxy) is 1. The molecule has 2 heterocycles. The van der Waals surface area contributed by atoms with E-state index in [9.17, 15) is 4.79 Å². The fourth-order valence-corrected chi connectivity index (χ4v) is 2.85. The van der Waals surface area contributed by atoms with Gasteiger partial charge in [-0.3, -0.25) is 9.78 Å². The molecule has 4 nitrogen and oxygen atoms in total. The molecule has 1 unspecified atom stereocenters.